The van der Waals surface area contributed by atoms with Crippen molar-refractivity contribution in [3.8, 4) is 0 Å². The Kier molecular flexibility index (Phi) is 7.45. The molecule has 1 amide bonds. The number of ether oxygens (including phenoxy) is 1. The molecule has 1 heterocycles. The Hall–Kier alpha value is -2.71. The highest BCUT2D eigenvalue weighted by Crippen LogP contribution is 2.29. The third-order valence-electron chi connectivity index (χ3n) is 6.33. The molecule has 7 nitrogen and oxygen atoms in total. The summed E-state index contributed by atoms with van der Waals surface area (Å²) in [6.45, 7) is 0.657. The fourth-order valence-corrected chi connectivity index (χ4v) is 6.07. The summed E-state index contributed by atoms with van der Waals surface area (Å²) >= 11 is 0. The third-order valence-corrected chi connectivity index (χ3v) is 8.24. The summed E-state index contributed by atoms with van der Waals surface area (Å²) in [5.41, 5.74) is 2.56. The standard InChI is InChI=1S/C25H30N2O5S/c28-24(26-23-11-7-9-19-8-3-4-10-22(19)23)18-32-25(29)20-12-14-21(15-13-20)33(30,31)27-16-5-1-2-6-17-27/h3-4,8,10,12-15,23H,1-2,5-7,9,11,16-18H2,(H,26,28)/t23-/m0/s1. The van der Waals surface area contributed by atoms with E-state index in [4.69, 9.17) is 4.74 Å². The molecular weight excluding hydrogens is 440 g/mol. The molecule has 2 aromatic rings. The van der Waals surface area contributed by atoms with E-state index in [2.05, 4.69) is 11.4 Å². The Bertz CT molecular complexity index is 1090. The number of esters is 1. The van der Waals surface area contributed by atoms with Gasteiger partial charge in [0.25, 0.3) is 5.91 Å². The van der Waals surface area contributed by atoms with Gasteiger partial charge in [0.15, 0.2) is 6.61 Å². The zero-order chi connectivity index (χ0) is 23.3. The molecule has 176 valence electrons. The SMILES string of the molecule is O=C(COC(=O)c1ccc(S(=O)(=O)N2CCCCCC2)cc1)N[C@H]1CCCc2ccccc21. The summed E-state index contributed by atoms with van der Waals surface area (Å²) in [6, 6.07) is 13.7. The van der Waals surface area contributed by atoms with Crippen LogP contribution in [-0.4, -0.2) is 44.3 Å². The van der Waals surface area contributed by atoms with E-state index in [1.54, 1.807) is 0 Å². The monoisotopic (exact) mass is 470 g/mol. The van der Waals surface area contributed by atoms with Gasteiger partial charge >= 0.3 is 5.97 Å². The smallest absolute Gasteiger partial charge is 0.338 e. The summed E-state index contributed by atoms with van der Waals surface area (Å²) in [6.07, 6.45) is 6.64. The summed E-state index contributed by atoms with van der Waals surface area (Å²) in [5, 5.41) is 2.95. The van der Waals surface area contributed by atoms with Gasteiger partial charge in [0, 0.05) is 13.1 Å². The van der Waals surface area contributed by atoms with Gasteiger partial charge in [0.2, 0.25) is 10.0 Å². The normalized spacial score (nSPS) is 19.2. The van der Waals surface area contributed by atoms with Gasteiger partial charge in [-0.2, -0.15) is 4.31 Å². The van der Waals surface area contributed by atoms with E-state index in [-0.39, 0.29) is 29.0 Å². The molecule has 0 radical (unpaired) electrons. The number of fused-ring (bicyclic) bond motifs is 1. The Balaban J connectivity index is 1.32. The zero-order valence-corrected chi connectivity index (χ0v) is 19.5. The lowest BCUT2D eigenvalue weighted by atomic mass is 9.88. The minimum atomic E-state index is -3.58. The summed E-state index contributed by atoms with van der Waals surface area (Å²) < 4.78 is 32.4. The molecule has 1 aliphatic carbocycles. The van der Waals surface area contributed by atoms with Crippen molar-refractivity contribution in [1.29, 1.82) is 0 Å². The average molecular weight is 471 g/mol. The number of carbonyl (C=O) groups excluding carboxylic acids is 2. The first kappa shape index (κ1) is 23.4. The predicted octanol–water partition coefficient (Wildman–Crippen LogP) is 3.60. The third kappa shape index (κ3) is 5.62. The zero-order valence-electron chi connectivity index (χ0n) is 18.7. The number of hydrogen-bond acceptors (Lipinski definition) is 5. The Labute approximate surface area is 195 Å². The molecule has 8 heteroatoms. The van der Waals surface area contributed by atoms with Gasteiger partial charge in [-0.05, 0) is 67.5 Å². The molecule has 1 atom stereocenters. The van der Waals surface area contributed by atoms with Crippen molar-refractivity contribution in [3.05, 3.63) is 65.2 Å². The van der Waals surface area contributed by atoms with Gasteiger partial charge in [0.05, 0.1) is 16.5 Å². The molecule has 1 N–H and O–H groups in total. The molecule has 4 rings (SSSR count). The van der Waals surface area contributed by atoms with Crippen molar-refractivity contribution >= 4 is 21.9 Å². The number of rotatable bonds is 6. The van der Waals surface area contributed by atoms with Crippen molar-refractivity contribution in [2.24, 2.45) is 0 Å². The van der Waals surface area contributed by atoms with Crippen LogP contribution in [0.25, 0.3) is 0 Å². The molecule has 0 unspecified atom stereocenters. The van der Waals surface area contributed by atoms with E-state index in [1.807, 2.05) is 18.2 Å². The van der Waals surface area contributed by atoms with E-state index in [0.717, 1.165) is 50.5 Å². The van der Waals surface area contributed by atoms with E-state index < -0.39 is 16.0 Å². The largest absolute Gasteiger partial charge is 0.452 e. The second kappa shape index (κ2) is 10.5. The van der Waals surface area contributed by atoms with E-state index in [0.29, 0.717) is 13.1 Å². The van der Waals surface area contributed by atoms with Crippen molar-refractivity contribution in [1.82, 2.24) is 9.62 Å². The van der Waals surface area contributed by atoms with Crippen LogP contribution in [0.4, 0.5) is 0 Å². The maximum Gasteiger partial charge on any atom is 0.338 e. The molecule has 1 fully saturated rings. The summed E-state index contributed by atoms with van der Waals surface area (Å²) in [7, 11) is -3.58. The molecule has 0 spiro atoms. The number of aryl methyl sites for hydroxylation is 1. The number of hydrogen-bond donors (Lipinski definition) is 1. The van der Waals surface area contributed by atoms with Gasteiger partial charge in [-0.1, -0.05) is 37.1 Å². The first-order valence-electron chi connectivity index (χ1n) is 11.6. The highest BCUT2D eigenvalue weighted by atomic mass is 32.2. The van der Waals surface area contributed by atoms with Crippen LogP contribution < -0.4 is 5.32 Å². The van der Waals surface area contributed by atoms with Crippen LogP contribution >= 0.6 is 0 Å². The van der Waals surface area contributed by atoms with Crippen LogP contribution in [0.15, 0.2) is 53.4 Å². The minimum absolute atomic E-state index is 0.0790. The highest BCUT2D eigenvalue weighted by molar-refractivity contribution is 7.89. The summed E-state index contributed by atoms with van der Waals surface area (Å²) in [5.74, 6) is -1.02. The van der Waals surface area contributed by atoms with E-state index in [9.17, 15) is 18.0 Å². The van der Waals surface area contributed by atoms with Crippen LogP contribution in [-0.2, 0) is 26.0 Å². The number of nitrogens with zero attached hydrogens (tertiary/aromatic N) is 1. The fourth-order valence-electron chi connectivity index (χ4n) is 4.55. The van der Waals surface area contributed by atoms with Gasteiger partial charge in [-0.25, -0.2) is 13.2 Å². The Morgan fingerprint density at radius 2 is 1.64 bits per heavy atom. The maximum atomic E-state index is 12.9. The molecular formula is C25H30N2O5S. The molecule has 0 bridgehead atoms. The number of benzene rings is 2. The quantitative estimate of drug-likeness (QED) is 0.651. The second-order valence-corrected chi connectivity index (χ2v) is 10.6. The first-order valence-corrected chi connectivity index (χ1v) is 13.0. The van der Waals surface area contributed by atoms with Gasteiger partial charge in [-0.15, -0.1) is 0 Å². The summed E-state index contributed by atoms with van der Waals surface area (Å²) in [4.78, 5) is 24.9. The second-order valence-electron chi connectivity index (χ2n) is 8.63. The molecule has 1 saturated heterocycles. The fraction of sp³-hybridized carbons (Fsp3) is 0.440. The lowest BCUT2D eigenvalue weighted by Crippen LogP contribution is -2.34. The molecule has 2 aliphatic rings. The van der Waals surface area contributed by atoms with E-state index >= 15 is 0 Å². The van der Waals surface area contributed by atoms with Crippen molar-refractivity contribution in [2.75, 3.05) is 19.7 Å². The predicted molar refractivity (Wildman–Crippen MR) is 124 cm³/mol. The highest BCUT2D eigenvalue weighted by Gasteiger charge is 2.26. The van der Waals surface area contributed by atoms with Crippen molar-refractivity contribution < 1.29 is 22.7 Å². The lowest BCUT2D eigenvalue weighted by molar-refractivity contribution is -0.125. The van der Waals surface area contributed by atoms with Crippen molar-refractivity contribution in [3.63, 3.8) is 0 Å². The van der Waals surface area contributed by atoms with Crippen LogP contribution in [0.2, 0.25) is 0 Å². The number of nitrogens with one attached hydrogen (secondary N) is 1. The maximum absolute atomic E-state index is 12.9. The topological polar surface area (TPSA) is 92.8 Å². The van der Waals surface area contributed by atoms with Gasteiger partial charge in [0.1, 0.15) is 0 Å². The molecule has 33 heavy (non-hydrogen) atoms. The van der Waals surface area contributed by atoms with Crippen LogP contribution in [0.3, 0.4) is 0 Å². The van der Waals surface area contributed by atoms with Gasteiger partial charge in [-0.3, -0.25) is 4.79 Å². The van der Waals surface area contributed by atoms with Crippen molar-refractivity contribution in [2.45, 2.75) is 55.9 Å². The van der Waals surface area contributed by atoms with E-state index in [1.165, 1.54) is 34.1 Å². The molecule has 0 saturated carbocycles. The minimum Gasteiger partial charge on any atom is -0.452 e. The Morgan fingerprint density at radius 1 is 0.939 bits per heavy atom. The number of carbonyl (C=O) groups is 2. The Morgan fingerprint density at radius 3 is 2.36 bits per heavy atom. The van der Waals surface area contributed by atoms with Crippen LogP contribution in [0, 0.1) is 0 Å². The number of amides is 1. The number of sulfonamides is 1. The average Bonchev–Trinajstić information content (AvgIpc) is 3.13. The first-order chi connectivity index (χ1) is 15.9. The molecule has 1 aliphatic heterocycles. The van der Waals surface area contributed by atoms with Crippen LogP contribution in [0.1, 0.15) is 66.1 Å². The van der Waals surface area contributed by atoms with Crippen LogP contribution in [0.5, 0.6) is 0 Å². The van der Waals surface area contributed by atoms with Gasteiger partial charge < -0.3 is 10.1 Å². The lowest BCUT2D eigenvalue weighted by Gasteiger charge is -2.26. The molecule has 0 aromatic heterocycles. The molecule has 2 aromatic carbocycles.